The summed E-state index contributed by atoms with van der Waals surface area (Å²) in [6.07, 6.45) is 9.71. The third kappa shape index (κ3) is 2.88. The Labute approximate surface area is 177 Å². The van der Waals surface area contributed by atoms with E-state index in [2.05, 4.69) is 15.3 Å². The number of nitrogens with one attached hydrogen (secondary N) is 1. The van der Waals surface area contributed by atoms with Crippen molar-refractivity contribution in [1.82, 2.24) is 15.1 Å². The summed E-state index contributed by atoms with van der Waals surface area (Å²) in [5, 5.41) is 18.1. The lowest BCUT2D eigenvalue weighted by Crippen LogP contribution is -2.60. The number of amides is 1. The number of aliphatic hydroxyl groups excluding tert-OH is 1. The number of hydrogen-bond acceptors (Lipinski definition) is 4. The predicted octanol–water partition coefficient (Wildman–Crippen LogP) is 3.14. The monoisotopic (exact) mass is 406 g/mol. The van der Waals surface area contributed by atoms with E-state index >= 15 is 0 Å². The molecule has 1 saturated heterocycles. The third-order valence-corrected chi connectivity index (χ3v) is 8.11. The molecule has 1 aliphatic heterocycles. The van der Waals surface area contributed by atoms with Crippen LogP contribution in [0.25, 0.3) is 5.69 Å². The minimum atomic E-state index is -0.358. The number of carbonyl (C=O) groups excluding carboxylic acids is 1. The summed E-state index contributed by atoms with van der Waals surface area (Å²) in [5.41, 5.74) is 1.90. The molecule has 2 heterocycles. The molecule has 0 radical (unpaired) electrons. The van der Waals surface area contributed by atoms with Crippen LogP contribution in [0, 0.1) is 17.3 Å². The molecule has 3 unspecified atom stereocenters. The van der Waals surface area contributed by atoms with Crippen molar-refractivity contribution in [2.45, 2.75) is 57.1 Å². The number of rotatable bonds is 4. The van der Waals surface area contributed by atoms with Gasteiger partial charge >= 0.3 is 0 Å². The summed E-state index contributed by atoms with van der Waals surface area (Å²) in [7, 11) is 0. The Balaban J connectivity index is 1.31. The maximum Gasteiger partial charge on any atom is 0.256 e. The van der Waals surface area contributed by atoms with Crippen LogP contribution in [0.15, 0.2) is 36.5 Å². The largest absolute Gasteiger partial charge is 0.391 e. The first-order valence-corrected chi connectivity index (χ1v) is 11.5. The molecule has 1 aromatic carbocycles. The minimum Gasteiger partial charge on any atom is -0.391 e. The van der Waals surface area contributed by atoms with Crippen LogP contribution in [0.2, 0.25) is 0 Å². The molecule has 1 amide bonds. The fraction of sp³-hybridized carbons (Fsp3) is 0.583. The highest BCUT2D eigenvalue weighted by molar-refractivity contribution is 5.99. The van der Waals surface area contributed by atoms with Crippen molar-refractivity contribution in [3.05, 3.63) is 42.1 Å². The van der Waals surface area contributed by atoms with Crippen molar-refractivity contribution in [3.8, 4) is 5.69 Å². The third-order valence-electron chi connectivity index (χ3n) is 8.11. The average Bonchev–Trinajstić information content (AvgIpc) is 3.36. The lowest BCUT2D eigenvalue weighted by Gasteiger charge is -2.62. The Bertz CT molecular complexity index is 949. The quantitative estimate of drug-likeness (QED) is 0.818. The molecule has 2 aromatic rings. The van der Waals surface area contributed by atoms with Gasteiger partial charge in [0.25, 0.3) is 5.91 Å². The summed E-state index contributed by atoms with van der Waals surface area (Å²) in [5.74, 6) is 2.57. The average molecular weight is 407 g/mol. The van der Waals surface area contributed by atoms with E-state index in [-0.39, 0.29) is 18.1 Å². The zero-order chi connectivity index (χ0) is 20.3. The fourth-order valence-electron chi connectivity index (χ4n) is 6.87. The van der Waals surface area contributed by atoms with Crippen LogP contribution >= 0.6 is 0 Å². The maximum atomic E-state index is 13.5. The van der Waals surface area contributed by atoms with Gasteiger partial charge in [-0.05, 0) is 74.3 Å². The highest BCUT2D eigenvalue weighted by Crippen LogP contribution is 2.63. The highest BCUT2D eigenvalue weighted by atomic mass is 16.3. The Morgan fingerprint density at radius 3 is 2.67 bits per heavy atom. The fourth-order valence-corrected chi connectivity index (χ4v) is 6.87. The first-order chi connectivity index (χ1) is 14.6. The predicted molar refractivity (Wildman–Crippen MR) is 115 cm³/mol. The van der Waals surface area contributed by atoms with Crippen molar-refractivity contribution in [2.24, 2.45) is 17.3 Å². The number of anilines is 1. The van der Waals surface area contributed by atoms with Gasteiger partial charge in [-0.1, -0.05) is 18.2 Å². The van der Waals surface area contributed by atoms with E-state index in [4.69, 9.17) is 0 Å². The summed E-state index contributed by atoms with van der Waals surface area (Å²) in [4.78, 5) is 15.6. The number of benzene rings is 1. The summed E-state index contributed by atoms with van der Waals surface area (Å²) in [6, 6.07) is 10.2. The number of para-hydroxylation sites is 1. The van der Waals surface area contributed by atoms with Crippen molar-refractivity contribution in [1.29, 1.82) is 0 Å². The Hall–Kier alpha value is -2.34. The van der Waals surface area contributed by atoms with Crippen LogP contribution in [0.3, 0.4) is 0 Å². The first-order valence-electron chi connectivity index (χ1n) is 11.5. The number of β-amino-alcohol motifs (C(OH)–C–C–N with tert-alkyl or cyclic N) is 1. The molecule has 3 atom stereocenters. The molecule has 30 heavy (non-hydrogen) atoms. The second-order valence-electron chi connectivity index (χ2n) is 10.1. The van der Waals surface area contributed by atoms with Crippen LogP contribution in [0.1, 0.15) is 55.3 Å². The van der Waals surface area contributed by atoms with E-state index < -0.39 is 0 Å². The number of nitrogens with zero attached hydrogens (tertiary/aromatic N) is 3. The van der Waals surface area contributed by atoms with Gasteiger partial charge in [0.05, 0.1) is 18.0 Å². The SMILES string of the molecule is O=C(NC1CCC2CC3CC1(C2)C3)c1cnn(-c2ccccc2)c1N1CCC(O)C1. The molecular formula is C24H30N4O2. The molecule has 5 fully saturated rings. The van der Waals surface area contributed by atoms with Gasteiger partial charge in [-0.25, -0.2) is 4.68 Å². The number of aliphatic hydroxyl groups is 1. The molecular weight excluding hydrogens is 376 g/mol. The minimum absolute atomic E-state index is 0.0135. The van der Waals surface area contributed by atoms with E-state index in [0.717, 1.165) is 42.7 Å². The van der Waals surface area contributed by atoms with Gasteiger partial charge in [0.1, 0.15) is 11.4 Å². The van der Waals surface area contributed by atoms with Gasteiger partial charge in [-0.3, -0.25) is 4.79 Å². The van der Waals surface area contributed by atoms with Gasteiger partial charge in [0.2, 0.25) is 0 Å². The lowest BCUT2D eigenvalue weighted by molar-refractivity contribution is -0.0940. The molecule has 1 aromatic heterocycles. The molecule has 6 nitrogen and oxygen atoms in total. The summed E-state index contributed by atoms with van der Waals surface area (Å²) in [6.45, 7) is 1.27. The molecule has 5 aliphatic rings. The molecule has 2 N–H and O–H groups in total. The molecule has 158 valence electrons. The van der Waals surface area contributed by atoms with E-state index in [0.29, 0.717) is 17.5 Å². The Morgan fingerprint density at radius 1 is 1.10 bits per heavy atom. The highest BCUT2D eigenvalue weighted by Gasteiger charge is 2.57. The van der Waals surface area contributed by atoms with Crippen LogP contribution in [-0.2, 0) is 0 Å². The summed E-state index contributed by atoms with van der Waals surface area (Å²) >= 11 is 0. The molecule has 6 heteroatoms. The normalized spacial score (nSPS) is 34.5. The molecule has 7 rings (SSSR count). The molecule has 4 aliphatic carbocycles. The summed E-state index contributed by atoms with van der Waals surface area (Å²) < 4.78 is 1.85. The second-order valence-corrected chi connectivity index (χ2v) is 10.1. The standard InChI is InChI=1S/C24H30N4O2/c29-19-8-9-27(15-19)23-20(14-25-28(23)18-4-2-1-3-5-18)22(30)26-21-7-6-16-10-17-12-24(21,11-16)13-17/h1-5,14,16-17,19,21,29H,6-13,15H2,(H,26,30). The van der Waals surface area contributed by atoms with Crippen LogP contribution in [0.5, 0.6) is 0 Å². The maximum absolute atomic E-state index is 13.5. The van der Waals surface area contributed by atoms with E-state index in [1.807, 2.05) is 35.0 Å². The van der Waals surface area contributed by atoms with Crippen LogP contribution in [0.4, 0.5) is 5.82 Å². The van der Waals surface area contributed by atoms with E-state index in [1.165, 1.54) is 32.1 Å². The van der Waals surface area contributed by atoms with Gasteiger partial charge in [0.15, 0.2) is 0 Å². The number of aromatic nitrogens is 2. The van der Waals surface area contributed by atoms with Gasteiger partial charge in [0, 0.05) is 19.1 Å². The van der Waals surface area contributed by atoms with E-state index in [1.54, 1.807) is 6.20 Å². The smallest absolute Gasteiger partial charge is 0.256 e. The van der Waals surface area contributed by atoms with E-state index in [9.17, 15) is 9.90 Å². The number of hydrogen-bond donors (Lipinski definition) is 2. The van der Waals surface area contributed by atoms with Gasteiger partial charge in [-0.15, -0.1) is 0 Å². The van der Waals surface area contributed by atoms with Crippen molar-refractivity contribution >= 4 is 11.7 Å². The molecule has 3 bridgehead atoms. The van der Waals surface area contributed by atoms with Crippen LogP contribution < -0.4 is 10.2 Å². The second kappa shape index (κ2) is 6.84. The zero-order valence-corrected chi connectivity index (χ0v) is 17.3. The van der Waals surface area contributed by atoms with Crippen molar-refractivity contribution < 1.29 is 9.90 Å². The van der Waals surface area contributed by atoms with Crippen molar-refractivity contribution in [3.63, 3.8) is 0 Å². The Morgan fingerprint density at radius 2 is 1.90 bits per heavy atom. The molecule has 4 saturated carbocycles. The van der Waals surface area contributed by atoms with Gasteiger partial charge < -0.3 is 15.3 Å². The lowest BCUT2D eigenvalue weighted by atomic mass is 9.45. The molecule has 1 spiro atoms. The first kappa shape index (κ1) is 18.4. The topological polar surface area (TPSA) is 70.4 Å². The Kier molecular flexibility index (Phi) is 4.20. The van der Waals surface area contributed by atoms with Crippen molar-refractivity contribution in [2.75, 3.05) is 18.0 Å². The zero-order valence-electron chi connectivity index (χ0n) is 17.3. The van der Waals surface area contributed by atoms with Gasteiger partial charge in [-0.2, -0.15) is 5.10 Å². The van der Waals surface area contributed by atoms with Crippen LogP contribution in [-0.4, -0.2) is 46.0 Å². The number of carbonyl (C=O) groups is 1.